The molecule has 1 aliphatic rings. The molecule has 0 saturated carbocycles. The second kappa shape index (κ2) is 3.00. The topological polar surface area (TPSA) is 41.9 Å². The van der Waals surface area contributed by atoms with Gasteiger partial charge in [0.1, 0.15) is 0 Å². The van der Waals surface area contributed by atoms with Gasteiger partial charge in [-0.3, -0.25) is 0 Å². The molecule has 0 aromatic heterocycles. The molecule has 1 rings (SSSR count). The molecule has 0 spiro atoms. The molecule has 0 bridgehead atoms. The number of carbonyl (C=O) groups is 1. The van der Waals surface area contributed by atoms with Gasteiger partial charge in [-0.1, -0.05) is 6.08 Å². The zero-order valence-electron chi connectivity index (χ0n) is 5.65. The standard InChI is InChI=1S/C6H8N2O2/c1-10-6(9)8-5-3-2-4-7-8/h2-4H,5H2,1H3. The Kier molecular flexibility index (Phi) is 2.04. The predicted molar refractivity (Wildman–Crippen MR) is 36.7 cm³/mol. The van der Waals surface area contributed by atoms with Crippen LogP contribution in [0.4, 0.5) is 4.79 Å². The third-order valence-corrected chi connectivity index (χ3v) is 1.09. The van der Waals surface area contributed by atoms with E-state index >= 15 is 0 Å². The van der Waals surface area contributed by atoms with Gasteiger partial charge in [0.25, 0.3) is 0 Å². The van der Waals surface area contributed by atoms with Gasteiger partial charge >= 0.3 is 6.09 Å². The number of allylic oxidation sites excluding steroid dienone is 1. The Morgan fingerprint density at radius 2 is 2.60 bits per heavy atom. The summed E-state index contributed by atoms with van der Waals surface area (Å²) in [5.74, 6) is 0. The van der Waals surface area contributed by atoms with Crippen molar-refractivity contribution in [1.29, 1.82) is 0 Å². The van der Waals surface area contributed by atoms with Crippen LogP contribution in [0.15, 0.2) is 17.3 Å². The van der Waals surface area contributed by atoms with Crippen LogP contribution in [0.5, 0.6) is 0 Å². The maximum absolute atomic E-state index is 10.7. The van der Waals surface area contributed by atoms with Crippen molar-refractivity contribution in [3.63, 3.8) is 0 Å². The van der Waals surface area contributed by atoms with Crippen molar-refractivity contribution < 1.29 is 9.53 Å². The van der Waals surface area contributed by atoms with Crippen molar-refractivity contribution in [1.82, 2.24) is 5.01 Å². The number of hydrogen-bond donors (Lipinski definition) is 0. The quantitative estimate of drug-likeness (QED) is 0.494. The van der Waals surface area contributed by atoms with Gasteiger partial charge in [-0.2, -0.15) is 10.1 Å². The molecule has 0 fully saturated rings. The largest absolute Gasteiger partial charge is 0.451 e. The highest BCUT2D eigenvalue weighted by Crippen LogP contribution is 1.96. The number of methoxy groups -OCH3 is 1. The molecule has 54 valence electrons. The number of rotatable bonds is 0. The zero-order valence-corrected chi connectivity index (χ0v) is 5.65. The van der Waals surface area contributed by atoms with Crippen molar-refractivity contribution in [3.05, 3.63) is 12.2 Å². The number of hydrazone groups is 1. The molecule has 0 aromatic rings. The molecule has 0 N–H and O–H groups in total. The van der Waals surface area contributed by atoms with Crippen LogP contribution in [-0.4, -0.2) is 31.0 Å². The van der Waals surface area contributed by atoms with E-state index in [0.29, 0.717) is 6.54 Å². The molecule has 0 aliphatic carbocycles. The number of hydrogen-bond acceptors (Lipinski definition) is 3. The summed E-state index contributed by atoms with van der Waals surface area (Å²) < 4.78 is 4.43. The zero-order chi connectivity index (χ0) is 7.40. The lowest BCUT2D eigenvalue weighted by atomic mass is 10.5. The van der Waals surface area contributed by atoms with Gasteiger partial charge in [0.05, 0.1) is 13.7 Å². The number of amides is 1. The van der Waals surface area contributed by atoms with Gasteiger partial charge in [-0.25, -0.2) is 4.79 Å². The Balaban J connectivity index is 2.51. The van der Waals surface area contributed by atoms with Crippen LogP contribution >= 0.6 is 0 Å². The van der Waals surface area contributed by atoms with Crippen LogP contribution in [0, 0.1) is 0 Å². The number of nitrogens with zero attached hydrogens (tertiary/aromatic N) is 2. The molecule has 0 unspecified atom stereocenters. The summed E-state index contributed by atoms with van der Waals surface area (Å²) in [4.78, 5) is 10.7. The Labute approximate surface area is 58.8 Å². The van der Waals surface area contributed by atoms with Crippen molar-refractivity contribution in [2.24, 2.45) is 5.10 Å². The molecule has 0 aromatic carbocycles. The monoisotopic (exact) mass is 140 g/mol. The Morgan fingerprint density at radius 1 is 1.80 bits per heavy atom. The second-order valence-corrected chi connectivity index (χ2v) is 1.74. The fourth-order valence-corrected chi connectivity index (χ4v) is 0.615. The minimum absolute atomic E-state index is 0.430. The van der Waals surface area contributed by atoms with Gasteiger partial charge < -0.3 is 4.74 Å². The van der Waals surface area contributed by atoms with Crippen LogP contribution < -0.4 is 0 Å². The highest BCUT2D eigenvalue weighted by atomic mass is 16.5. The minimum atomic E-state index is -0.430. The number of ether oxygens (including phenoxy) is 1. The second-order valence-electron chi connectivity index (χ2n) is 1.74. The van der Waals surface area contributed by atoms with E-state index in [9.17, 15) is 4.79 Å². The van der Waals surface area contributed by atoms with Crippen LogP contribution in [0.3, 0.4) is 0 Å². The summed E-state index contributed by atoms with van der Waals surface area (Å²) in [6, 6.07) is 0. The molecule has 0 saturated heterocycles. The van der Waals surface area contributed by atoms with E-state index in [4.69, 9.17) is 0 Å². The predicted octanol–water partition coefficient (Wildman–Crippen LogP) is 0.610. The molecular weight excluding hydrogens is 132 g/mol. The summed E-state index contributed by atoms with van der Waals surface area (Å²) in [7, 11) is 1.33. The molecule has 4 heteroatoms. The van der Waals surface area contributed by atoms with Gasteiger partial charge in [0, 0.05) is 6.21 Å². The van der Waals surface area contributed by atoms with E-state index in [2.05, 4.69) is 9.84 Å². The highest BCUT2D eigenvalue weighted by molar-refractivity contribution is 5.76. The van der Waals surface area contributed by atoms with Gasteiger partial charge in [-0.05, 0) is 6.08 Å². The van der Waals surface area contributed by atoms with Crippen LogP contribution in [-0.2, 0) is 4.74 Å². The van der Waals surface area contributed by atoms with Gasteiger partial charge in [0.2, 0.25) is 0 Å². The fourth-order valence-electron chi connectivity index (χ4n) is 0.615. The summed E-state index contributed by atoms with van der Waals surface area (Å²) in [6.07, 6.45) is 4.71. The average molecular weight is 140 g/mol. The fraction of sp³-hybridized carbons (Fsp3) is 0.333. The van der Waals surface area contributed by atoms with Crippen molar-refractivity contribution >= 4 is 12.3 Å². The maximum Gasteiger partial charge on any atom is 0.430 e. The first-order valence-corrected chi connectivity index (χ1v) is 2.89. The van der Waals surface area contributed by atoms with E-state index in [-0.39, 0.29) is 0 Å². The first kappa shape index (κ1) is 6.80. The third kappa shape index (κ3) is 1.34. The average Bonchev–Trinajstić information content (AvgIpc) is 2.05. The Morgan fingerprint density at radius 3 is 3.10 bits per heavy atom. The van der Waals surface area contributed by atoms with E-state index in [1.165, 1.54) is 12.1 Å². The smallest absolute Gasteiger partial charge is 0.430 e. The molecule has 10 heavy (non-hydrogen) atoms. The maximum atomic E-state index is 10.7. The lowest BCUT2D eigenvalue weighted by Gasteiger charge is -2.14. The SMILES string of the molecule is COC(=O)N1CC=CC=N1. The van der Waals surface area contributed by atoms with E-state index in [1.807, 2.05) is 6.08 Å². The summed E-state index contributed by atoms with van der Waals surface area (Å²) in [5, 5.41) is 4.98. The highest BCUT2D eigenvalue weighted by Gasteiger charge is 2.10. The first-order valence-electron chi connectivity index (χ1n) is 2.89. The molecule has 4 nitrogen and oxygen atoms in total. The molecule has 1 aliphatic heterocycles. The molecule has 0 radical (unpaired) electrons. The van der Waals surface area contributed by atoms with Crippen LogP contribution in [0.2, 0.25) is 0 Å². The minimum Gasteiger partial charge on any atom is -0.451 e. The Hall–Kier alpha value is -1.32. The third-order valence-electron chi connectivity index (χ3n) is 1.09. The summed E-state index contributed by atoms with van der Waals surface area (Å²) >= 11 is 0. The van der Waals surface area contributed by atoms with Crippen molar-refractivity contribution in [2.45, 2.75) is 0 Å². The Bertz CT molecular complexity index is 186. The normalized spacial score (nSPS) is 15.5. The van der Waals surface area contributed by atoms with Gasteiger partial charge in [0.15, 0.2) is 0 Å². The molecule has 0 atom stereocenters. The van der Waals surface area contributed by atoms with Crippen LogP contribution in [0.1, 0.15) is 0 Å². The lowest BCUT2D eigenvalue weighted by Crippen LogP contribution is -2.27. The molecule has 1 amide bonds. The lowest BCUT2D eigenvalue weighted by molar-refractivity contribution is 0.129. The van der Waals surface area contributed by atoms with Gasteiger partial charge in [-0.15, -0.1) is 0 Å². The summed E-state index contributed by atoms with van der Waals surface area (Å²) in [5.41, 5.74) is 0. The van der Waals surface area contributed by atoms with Crippen molar-refractivity contribution in [2.75, 3.05) is 13.7 Å². The van der Waals surface area contributed by atoms with Crippen LogP contribution in [0.25, 0.3) is 0 Å². The van der Waals surface area contributed by atoms with E-state index < -0.39 is 6.09 Å². The van der Waals surface area contributed by atoms with E-state index in [0.717, 1.165) is 0 Å². The summed E-state index contributed by atoms with van der Waals surface area (Å²) in [6.45, 7) is 0.489. The molecule has 1 heterocycles. The number of carbonyl (C=O) groups excluding carboxylic acids is 1. The molecular formula is C6H8N2O2. The first-order chi connectivity index (χ1) is 4.84. The van der Waals surface area contributed by atoms with Crippen molar-refractivity contribution in [3.8, 4) is 0 Å². The van der Waals surface area contributed by atoms with E-state index in [1.54, 1.807) is 12.3 Å².